The molecule has 0 bridgehead atoms. The summed E-state index contributed by atoms with van der Waals surface area (Å²) in [7, 11) is 1.54. The molecule has 1 heterocycles. The van der Waals surface area contributed by atoms with E-state index in [0.29, 0.717) is 6.61 Å². The Labute approximate surface area is 107 Å². The smallest absolute Gasteiger partial charge is 0.411 e. The van der Waals surface area contributed by atoms with Gasteiger partial charge in [0.1, 0.15) is 12.2 Å². The van der Waals surface area contributed by atoms with Crippen LogP contribution in [0.5, 0.6) is 0 Å². The van der Waals surface area contributed by atoms with Gasteiger partial charge >= 0.3 is 6.09 Å². The van der Waals surface area contributed by atoms with Crippen molar-refractivity contribution in [3.63, 3.8) is 0 Å². The lowest BCUT2D eigenvalue weighted by Crippen LogP contribution is -2.48. The Bertz CT molecular complexity index is 310. The Hall–Kier alpha value is -1.14. The first kappa shape index (κ1) is 14.9. The van der Waals surface area contributed by atoms with Crippen molar-refractivity contribution in [1.82, 2.24) is 4.90 Å². The second-order valence-electron chi connectivity index (χ2n) is 5.27. The molecule has 18 heavy (non-hydrogen) atoms. The Morgan fingerprint density at radius 1 is 1.50 bits per heavy atom. The molecule has 1 rings (SSSR count). The van der Waals surface area contributed by atoms with Crippen molar-refractivity contribution in [2.75, 3.05) is 33.5 Å². The third-order valence-corrected chi connectivity index (χ3v) is 2.35. The van der Waals surface area contributed by atoms with Gasteiger partial charge in [0.2, 0.25) is 0 Å². The number of hydrogen-bond acceptors (Lipinski definition) is 5. The van der Waals surface area contributed by atoms with Crippen molar-refractivity contribution in [2.45, 2.75) is 32.4 Å². The maximum Gasteiger partial charge on any atom is 0.411 e. The Morgan fingerprint density at radius 3 is 2.72 bits per heavy atom. The van der Waals surface area contributed by atoms with Crippen molar-refractivity contribution in [3.8, 4) is 0 Å². The summed E-state index contributed by atoms with van der Waals surface area (Å²) >= 11 is 0. The minimum atomic E-state index is -0.592. The van der Waals surface area contributed by atoms with Crippen LogP contribution < -0.4 is 0 Å². The number of carbonyl (C=O) groups excluding carboxylic acids is 2. The molecule has 0 aromatic rings. The number of ketones is 1. The van der Waals surface area contributed by atoms with Gasteiger partial charge in [-0.3, -0.25) is 9.69 Å². The molecule has 0 aliphatic carbocycles. The molecule has 1 aliphatic rings. The highest BCUT2D eigenvalue weighted by molar-refractivity contribution is 5.85. The molecule has 1 amide bonds. The van der Waals surface area contributed by atoms with E-state index in [4.69, 9.17) is 14.2 Å². The average molecular weight is 259 g/mol. The second kappa shape index (κ2) is 6.15. The maximum atomic E-state index is 12.0. The van der Waals surface area contributed by atoms with Crippen LogP contribution in [-0.4, -0.2) is 61.9 Å². The molecule has 0 aromatic heterocycles. The fourth-order valence-electron chi connectivity index (χ4n) is 1.63. The molecule has 6 nitrogen and oxygen atoms in total. The number of carbonyl (C=O) groups is 2. The van der Waals surface area contributed by atoms with E-state index in [1.165, 1.54) is 4.90 Å². The lowest BCUT2D eigenvalue weighted by molar-refractivity contribution is -0.122. The van der Waals surface area contributed by atoms with Gasteiger partial charge in [0, 0.05) is 7.11 Å². The van der Waals surface area contributed by atoms with E-state index in [-0.39, 0.29) is 31.6 Å². The van der Waals surface area contributed by atoms with Crippen molar-refractivity contribution in [3.05, 3.63) is 0 Å². The molecular formula is C12H21NO5. The third-order valence-electron chi connectivity index (χ3n) is 2.35. The molecule has 0 N–H and O–H groups in total. The zero-order valence-corrected chi connectivity index (χ0v) is 11.4. The van der Waals surface area contributed by atoms with Crippen LogP contribution in [0.3, 0.4) is 0 Å². The number of ether oxygens (including phenoxy) is 3. The van der Waals surface area contributed by atoms with Gasteiger partial charge in [-0.05, 0) is 20.8 Å². The molecule has 104 valence electrons. The van der Waals surface area contributed by atoms with Gasteiger partial charge in [-0.1, -0.05) is 0 Å². The minimum absolute atomic E-state index is 0.00292. The van der Waals surface area contributed by atoms with Gasteiger partial charge in [0.25, 0.3) is 0 Å². The summed E-state index contributed by atoms with van der Waals surface area (Å²) in [5.41, 5.74) is -0.592. The van der Waals surface area contributed by atoms with Crippen LogP contribution in [0.4, 0.5) is 4.79 Å². The third kappa shape index (κ3) is 4.62. The molecule has 0 radical (unpaired) electrons. The summed E-state index contributed by atoms with van der Waals surface area (Å²) in [4.78, 5) is 24.9. The van der Waals surface area contributed by atoms with Gasteiger partial charge in [0.05, 0.1) is 25.8 Å². The number of hydrogen-bond donors (Lipinski definition) is 0. The highest BCUT2D eigenvalue weighted by Crippen LogP contribution is 2.14. The van der Waals surface area contributed by atoms with Crippen LogP contribution in [0.2, 0.25) is 0 Å². The second-order valence-corrected chi connectivity index (χ2v) is 5.27. The molecule has 1 atom stereocenters. The first-order valence-corrected chi connectivity index (χ1v) is 5.91. The summed E-state index contributed by atoms with van der Waals surface area (Å²) in [6, 6.07) is -0.295. The van der Waals surface area contributed by atoms with Crippen molar-refractivity contribution < 1.29 is 23.8 Å². The van der Waals surface area contributed by atoms with Gasteiger partial charge < -0.3 is 14.2 Å². The van der Waals surface area contributed by atoms with E-state index in [9.17, 15) is 9.59 Å². The van der Waals surface area contributed by atoms with Crippen LogP contribution in [0.1, 0.15) is 20.8 Å². The van der Waals surface area contributed by atoms with Crippen molar-refractivity contribution in [2.24, 2.45) is 0 Å². The Kier molecular flexibility index (Phi) is 5.10. The summed E-state index contributed by atoms with van der Waals surface area (Å²) in [6.45, 7) is 5.97. The Balaban J connectivity index is 2.76. The van der Waals surface area contributed by atoms with Crippen molar-refractivity contribution >= 4 is 11.9 Å². The van der Waals surface area contributed by atoms with E-state index in [2.05, 4.69) is 0 Å². The molecule has 6 heteroatoms. The minimum Gasteiger partial charge on any atom is -0.444 e. The summed E-state index contributed by atoms with van der Waals surface area (Å²) < 4.78 is 15.5. The molecule has 0 spiro atoms. The first-order chi connectivity index (χ1) is 8.33. The summed E-state index contributed by atoms with van der Waals surface area (Å²) in [5, 5.41) is 0. The predicted molar refractivity (Wildman–Crippen MR) is 64.4 cm³/mol. The van der Waals surface area contributed by atoms with Crippen molar-refractivity contribution in [1.29, 1.82) is 0 Å². The molecule has 0 unspecified atom stereocenters. The number of nitrogens with zero attached hydrogens (tertiary/aromatic N) is 1. The molecule has 1 saturated heterocycles. The van der Waals surface area contributed by atoms with Crippen LogP contribution in [0.25, 0.3) is 0 Å². The van der Waals surface area contributed by atoms with E-state index < -0.39 is 11.7 Å². The zero-order chi connectivity index (χ0) is 13.8. The van der Waals surface area contributed by atoms with Gasteiger partial charge in [0.15, 0.2) is 5.78 Å². The monoisotopic (exact) mass is 259 g/mol. The summed E-state index contributed by atoms with van der Waals surface area (Å²) in [5.74, 6) is -0.139. The van der Waals surface area contributed by atoms with Gasteiger partial charge in [-0.15, -0.1) is 0 Å². The SMILES string of the molecule is COC[C@@H]1COCC(=O)CN1C(=O)OC(C)(C)C. The lowest BCUT2D eigenvalue weighted by Gasteiger charge is -2.30. The standard InChI is InChI=1S/C12H21NO5/c1-12(2,3)18-11(15)13-5-10(14)8-17-7-9(13)6-16-4/h9H,5-8H2,1-4H3/t9-/m1/s1. The van der Waals surface area contributed by atoms with Crippen LogP contribution in [0, 0.1) is 0 Å². The number of amides is 1. The molecule has 1 aliphatic heterocycles. The summed E-state index contributed by atoms with van der Waals surface area (Å²) in [6.07, 6.45) is -0.511. The fourth-order valence-corrected chi connectivity index (χ4v) is 1.63. The van der Waals surface area contributed by atoms with E-state index >= 15 is 0 Å². The fraction of sp³-hybridized carbons (Fsp3) is 0.833. The quantitative estimate of drug-likeness (QED) is 0.735. The van der Waals surface area contributed by atoms with Gasteiger partial charge in [-0.2, -0.15) is 0 Å². The number of methoxy groups -OCH3 is 1. The highest BCUT2D eigenvalue weighted by Gasteiger charge is 2.32. The molecule has 0 saturated carbocycles. The van der Waals surface area contributed by atoms with E-state index in [0.717, 1.165) is 0 Å². The van der Waals surface area contributed by atoms with Gasteiger partial charge in [-0.25, -0.2) is 4.79 Å². The van der Waals surface area contributed by atoms with E-state index in [1.54, 1.807) is 27.9 Å². The number of Topliss-reactive ketones (excluding diaryl/α,β-unsaturated/α-hetero) is 1. The topological polar surface area (TPSA) is 65.1 Å². The van der Waals surface area contributed by atoms with E-state index in [1.807, 2.05) is 0 Å². The first-order valence-electron chi connectivity index (χ1n) is 5.91. The molecule has 0 aromatic carbocycles. The molecule has 1 fully saturated rings. The number of rotatable bonds is 2. The molecular weight excluding hydrogens is 238 g/mol. The van der Waals surface area contributed by atoms with Crippen LogP contribution in [0.15, 0.2) is 0 Å². The largest absolute Gasteiger partial charge is 0.444 e. The zero-order valence-electron chi connectivity index (χ0n) is 11.4. The highest BCUT2D eigenvalue weighted by atomic mass is 16.6. The van der Waals surface area contributed by atoms with Crippen LogP contribution >= 0.6 is 0 Å². The predicted octanol–water partition coefficient (Wildman–Crippen LogP) is 0.838. The van der Waals surface area contributed by atoms with Crippen LogP contribution in [-0.2, 0) is 19.0 Å². The Morgan fingerprint density at radius 2 is 2.17 bits per heavy atom. The average Bonchev–Trinajstić information content (AvgIpc) is 2.39. The maximum absolute atomic E-state index is 12.0. The normalized spacial score (nSPS) is 21.7. The lowest BCUT2D eigenvalue weighted by atomic mass is 10.2.